The van der Waals surface area contributed by atoms with E-state index in [-0.39, 0.29) is 39.6 Å². The molecule has 2 aliphatic carbocycles. The van der Waals surface area contributed by atoms with E-state index in [2.05, 4.69) is 44.8 Å². The van der Waals surface area contributed by atoms with Crippen LogP contribution in [-0.4, -0.2) is 89.3 Å². The van der Waals surface area contributed by atoms with Gasteiger partial charge in [-0.3, -0.25) is 9.52 Å². The second-order valence-electron chi connectivity index (χ2n) is 12.3. The SMILES string of the molecule is COc1cc(C(=O)N2CCN(C)[C@H](C)C2)cc(OC)c1S(=O)(=O)Nc1noc2c1CC1(CC1)c1ccc(N3CCC3)cc1-2. The highest BCUT2D eigenvalue weighted by Crippen LogP contribution is 2.59. The van der Waals surface area contributed by atoms with Crippen molar-refractivity contribution >= 4 is 27.4 Å². The van der Waals surface area contributed by atoms with E-state index in [1.807, 2.05) is 7.05 Å². The van der Waals surface area contributed by atoms with E-state index in [1.54, 1.807) is 4.90 Å². The lowest BCUT2D eigenvalue weighted by molar-refractivity contribution is 0.0571. The predicted molar refractivity (Wildman–Crippen MR) is 162 cm³/mol. The molecule has 2 aliphatic heterocycles. The maximum Gasteiger partial charge on any atom is 0.270 e. The van der Waals surface area contributed by atoms with Crippen molar-refractivity contribution in [3.8, 4) is 22.8 Å². The van der Waals surface area contributed by atoms with Gasteiger partial charge in [0, 0.05) is 66.6 Å². The monoisotopic (exact) mass is 607 g/mol. The lowest BCUT2D eigenvalue weighted by atomic mass is 9.79. The second-order valence-corrected chi connectivity index (χ2v) is 13.9. The first-order chi connectivity index (χ1) is 20.6. The summed E-state index contributed by atoms with van der Waals surface area (Å²) in [5.74, 6) is 0.590. The van der Waals surface area contributed by atoms with Gasteiger partial charge in [-0.25, -0.2) is 8.42 Å². The molecular weight excluding hydrogens is 570 g/mol. The maximum absolute atomic E-state index is 14.0. The molecule has 1 atom stereocenters. The minimum absolute atomic E-state index is 0.0120. The highest BCUT2D eigenvalue weighted by atomic mass is 32.2. The molecule has 3 fully saturated rings. The van der Waals surface area contributed by atoms with Crippen LogP contribution in [0, 0.1) is 0 Å². The van der Waals surface area contributed by atoms with Crippen molar-refractivity contribution in [3.63, 3.8) is 0 Å². The summed E-state index contributed by atoms with van der Waals surface area (Å²) < 4.78 is 47.5. The zero-order valence-corrected chi connectivity index (χ0v) is 25.8. The smallest absolute Gasteiger partial charge is 0.270 e. The largest absolute Gasteiger partial charge is 0.495 e. The Morgan fingerprint density at radius 2 is 1.79 bits per heavy atom. The molecule has 12 heteroatoms. The maximum atomic E-state index is 14.0. The zero-order valence-electron chi connectivity index (χ0n) is 25.0. The van der Waals surface area contributed by atoms with Gasteiger partial charge < -0.3 is 28.7 Å². The van der Waals surface area contributed by atoms with Gasteiger partial charge in [0.1, 0.15) is 11.5 Å². The number of sulfonamides is 1. The van der Waals surface area contributed by atoms with Crippen LogP contribution >= 0.6 is 0 Å². The summed E-state index contributed by atoms with van der Waals surface area (Å²) in [5, 5.41) is 4.22. The Kier molecular flexibility index (Phi) is 6.62. The third-order valence-electron chi connectivity index (χ3n) is 9.65. The Hall–Kier alpha value is -3.77. The molecule has 3 heterocycles. The first-order valence-electron chi connectivity index (χ1n) is 14.8. The molecule has 0 unspecified atom stereocenters. The molecular formula is C31H37N5O6S. The van der Waals surface area contributed by atoms with Crippen LogP contribution in [0.4, 0.5) is 11.5 Å². The van der Waals surface area contributed by atoms with Gasteiger partial charge in [-0.1, -0.05) is 11.2 Å². The minimum atomic E-state index is -4.26. The first kappa shape index (κ1) is 28.0. The van der Waals surface area contributed by atoms with Gasteiger partial charge in [0.05, 0.1) is 14.2 Å². The Bertz CT molecular complexity index is 1690. The third kappa shape index (κ3) is 4.62. The van der Waals surface area contributed by atoms with Gasteiger partial charge in [-0.15, -0.1) is 0 Å². The molecule has 0 bridgehead atoms. The summed E-state index contributed by atoms with van der Waals surface area (Å²) in [7, 11) is 0.527. The summed E-state index contributed by atoms with van der Waals surface area (Å²) in [6.07, 6.45) is 3.88. The molecule has 7 rings (SSSR count). The summed E-state index contributed by atoms with van der Waals surface area (Å²) in [6, 6.07) is 9.68. The first-order valence-corrected chi connectivity index (χ1v) is 16.3. The van der Waals surface area contributed by atoms with E-state index in [9.17, 15) is 13.2 Å². The molecule has 1 N–H and O–H groups in total. The summed E-state index contributed by atoms with van der Waals surface area (Å²) in [6.45, 7) is 6.03. The van der Waals surface area contributed by atoms with Gasteiger partial charge in [0.15, 0.2) is 16.5 Å². The van der Waals surface area contributed by atoms with Crippen LogP contribution in [0.3, 0.4) is 0 Å². The van der Waals surface area contributed by atoms with E-state index in [0.29, 0.717) is 30.8 Å². The number of rotatable bonds is 7. The fraction of sp³-hybridized carbons (Fsp3) is 0.484. The molecule has 1 saturated carbocycles. The Morgan fingerprint density at radius 1 is 1.07 bits per heavy atom. The van der Waals surface area contributed by atoms with Crippen molar-refractivity contribution < 1.29 is 27.2 Å². The molecule has 228 valence electrons. The number of carbonyl (C=O) groups is 1. The summed E-state index contributed by atoms with van der Waals surface area (Å²) in [4.78, 5) is 19.5. The number of fused-ring (bicyclic) bond motifs is 4. The Morgan fingerprint density at radius 3 is 2.40 bits per heavy atom. The van der Waals surface area contributed by atoms with E-state index in [4.69, 9.17) is 14.0 Å². The molecule has 3 aromatic rings. The van der Waals surface area contributed by atoms with Gasteiger partial charge >= 0.3 is 0 Å². The fourth-order valence-electron chi connectivity index (χ4n) is 6.61. The standard InChI is InChI=1S/C31H37N5O6S/c1-19-18-36(13-12-34(19)2)30(37)20-14-25(40-3)28(26(15-20)41-4)43(38,39)33-29-23-17-31(8-9-31)24-7-6-21(35-10-5-11-35)16-22(24)27(23)42-32-29/h6-7,14-16,19H,5,8-13,17-18H2,1-4H3,(H,32,33)/t19-/m1/s1. The molecule has 2 aromatic carbocycles. The number of carbonyl (C=O) groups excluding carboxylic acids is 1. The van der Waals surface area contributed by atoms with Crippen LogP contribution in [0.5, 0.6) is 11.5 Å². The molecule has 11 nitrogen and oxygen atoms in total. The number of ether oxygens (including phenoxy) is 2. The van der Waals surface area contributed by atoms with Crippen molar-refractivity contribution in [1.29, 1.82) is 0 Å². The average molecular weight is 608 g/mol. The topological polar surface area (TPSA) is 117 Å². The van der Waals surface area contributed by atoms with Crippen LogP contribution in [0.1, 0.15) is 47.7 Å². The fourth-order valence-corrected chi connectivity index (χ4v) is 7.94. The summed E-state index contributed by atoms with van der Waals surface area (Å²) in [5.41, 5.74) is 4.39. The second kappa shape index (κ2) is 10.2. The number of nitrogens with zero attached hydrogens (tertiary/aromatic N) is 4. The number of nitrogens with one attached hydrogen (secondary N) is 1. The lowest BCUT2D eigenvalue weighted by Crippen LogP contribution is -2.52. The molecule has 43 heavy (non-hydrogen) atoms. The van der Waals surface area contributed by atoms with Crippen molar-refractivity contribution in [2.75, 3.05) is 63.6 Å². The molecule has 2 saturated heterocycles. The van der Waals surface area contributed by atoms with Crippen molar-refractivity contribution in [2.24, 2.45) is 0 Å². The Labute approximate surface area is 251 Å². The molecule has 1 spiro atoms. The van der Waals surface area contributed by atoms with E-state index < -0.39 is 10.0 Å². The van der Waals surface area contributed by atoms with Crippen molar-refractivity contribution in [3.05, 3.63) is 47.0 Å². The van der Waals surface area contributed by atoms with Gasteiger partial charge in [0.2, 0.25) is 0 Å². The average Bonchev–Trinajstić information content (AvgIpc) is 3.64. The van der Waals surface area contributed by atoms with Crippen LogP contribution < -0.4 is 19.1 Å². The minimum Gasteiger partial charge on any atom is -0.495 e. The quantitative estimate of drug-likeness (QED) is 0.429. The Balaban J connectivity index is 1.22. The van der Waals surface area contributed by atoms with Crippen LogP contribution in [-0.2, 0) is 21.9 Å². The van der Waals surface area contributed by atoms with Crippen molar-refractivity contribution in [1.82, 2.24) is 15.0 Å². The number of hydrogen-bond donors (Lipinski definition) is 1. The number of amides is 1. The van der Waals surface area contributed by atoms with Crippen LogP contribution in [0.2, 0.25) is 0 Å². The number of anilines is 2. The lowest BCUT2D eigenvalue weighted by Gasteiger charge is -2.37. The van der Waals surface area contributed by atoms with Gasteiger partial charge in [-0.2, -0.15) is 0 Å². The van der Waals surface area contributed by atoms with Crippen molar-refractivity contribution in [2.45, 2.75) is 49.0 Å². The normalized spacial score (nSPS) is 20.7. The van der Waals surface area contributed by atoms with E-state index >= 15 is 0 Å². The predicted octanol–water partition coefficient (Wildman–Crippen LogP) is 3.73. The number of benzene rings is 2. The molecule has 4 aliphatic rings. The molecule has 1 amide bonds. The van der Waals surface area contributed by atoms with E-state index in [1.165, 1.54) is 38.3 Å². The number of hydrogen-bond acceptors (Lipinski definition) is 9. The van der Waals surface area contributed by atoms with E-state index in [0.717, 1.165) is 49.3 Å². The third-order valence-corrected chi connectivity index (χ3v) is 11.1. The highest BCUT2D eigenvalue weighted by Gasteiger charge is 2.51. The van der Waals surface area contributed by atoms with Gasteiger partial charge in [0.25, 0.3) is 15.9 Å². The highest BCUT2D eigenvalue weighted by molar-refractivity contribution is 7.93. The zero-order chi connectivity index (χ0) is 30.1. The van der Waals surface area contributed by atoms with Gasteiger partial charge in [-0.05, 0) is 69.5 Å². The molecule has 1 aromatic heterocycles. The van der Waals surface area contributed by atoms with Crippen LogP contribution in [0.15, 0.2) is 39.8 Å². The number of likely N-dealkylation sites (N-methyl/N-ethyl adjacent to an activating group) is 1. The molecule has 0 radical (unpaired) electrons. The van der Waals surface area contributed by atoms with Crippen LogP contribution in [0.25, 0.3) is 11.3 Å². The number of methoxy groups -OCH3 is 2. The number of aromatic nitrogens is 1. The summed E-state index contributed by atoms with van der Waals surface area (Å²) >= 11 is 0. The number of piperazine rings is 1.